The van der Waals surface area contributed by atoms with Crippen molar-refractivity contribution in [2.45, 2.75) is 0 Å². The van der Waals surface area contributed by atoms with Crippen molar-refractivity contribution in [1.29, 1.82) is 0 Å². The Balaban J connectivity index is 1.62. The van der Waals surface area contributed by atoms with Crippen LogP contribution >= 0.6 is 0 Å². The zero-order chi connectivity index (χ0) is 15.9. The second-order valence-corrected chi connectivity index (χ2v) is 5.00. The number of methoxy groups -OCH3 is 1. The van der Waals surface area contributed by atoms with Crippen LogP contribution in [0, 0.1) is 0 Å². The predicted octanol–water partition coefficient (Wildman–Crippen LogP) is 1.77. The molecule has 1 fully saturated rings. The van der Waals surface area contributed by atoms with E-state index in [1.54, 1.807) is 13.3 Å². The van der Waals surface area contributed by atoms with Gasteiger partial charge in [-0.2, -0.15) is 5.10 Å². The molecule has 0 amide bonds. The number of aromatic nitrogens is 2. The van der Waals surface area contributed by atoms with Crippen LogP contribution in [-0.2, 0) is 4.74 Å². The molecule has 1 aliphatic heterocycles. The third kappa shape index (κ3) is 4.17. The zero-order valence-corrected chi connectivity index (χ0v) is 13.0. The highest BCUT2D eigenvalue weighted by Crippen LogP contribution is 2.15. The van der Waals surface area contributed by atoms with Gasteiger partial charge in [0.15, 0.2) is 5.82 Å². The summed E-state index contributed by atoms with van der Waals surface area (Å²) < 4.78 is 10.5. The van der Waals surface area contributed by atoms with Gasteiger partial charge in [0.2, 0.25) is 0 Å². The quantitative estimate of drug-likeness (QED) is 0.670. The topological polar surface area (TPSA) is 71.9 Å². The molecule has 3 rings (SSSR count). The van der Waals surface area contributed by atoms with Crippen molar-refractivity contribution >= 4 is 17.9 Å². The van der Waals surface area contributed by atoms with Crippen LogP contribution in [0.25, 0.3) is 0 Å². The lowest BCUT2D eigenvalue weighted by Crippen LogP contribution is -2.36. The number of nitrogens with one attached hydrogen (secondary N) is 1. The largest absolute Gasteiger partial charge is 0.497 e. The van der Waals surface area contributed by atoms with Gasteiger partial charge in [-0.15, -0.1) is 0 Å². The summed E-state index contributed by atoms with van der Waals surface area (Å²) in [4.78, 5) is 10.7. The van der Waals surface area contributed by atoms with E-state index < -0.39 is 0 Å². The summed E-state index contributed by atoms with van der Waals surface area (Å²) in [5.74, 6) is 2.36. The molecule has 7 nitrogen and oxygen atoms in total. The number of hydrazone groups is 1. The van der Waals surface area contributed by atoms with Crippen molar-refractivity contribution in [2.75, 3.05) is 43.7 Å². The molecular weight excluding hydrogens is 294 g/mol. The Hall–Kier alpha value is -2.67. The van der Waals surface area contributed by atoms with Crippen LogP contribution in [0.3, 0.4) is 0 Å². The minimum Gasteiger partial charge on any atom is -0.497 e. The van der Waals surface area contributed by atoms with Crippen molar-refractivity contribution < 1.29 is 9.47 Å². The van der Waals surface area contributed by atoms with Crippen molar-refractivity contribution in [3.8, 4) is 5.75 Å². The van der Waals surface area contributed by atoms with Crippen LogP contribution < -0.4 is 15.1 Å². The Morgan fingerprint density at radius 1 is 1.22 bits per heavy atom. The molecule has 0 bridgehead atoms. The maximum Gasteiger partial charge on any atom is 0.151 e. The van der Waals surface area contributed by atoms with Gasteiger partial charge < -0.3 is 14.4 Å². The summed E-state index contributed by atoms with van der Waals surface area (Å²) >= 11 is 0. The maximum atomic E-state index is 5.35. The lowest BCUT2D eigenvalue weighted by atomic mass is 10.2. The normalized spacial score (nSPS) is 14.9. The van der Waals surface area contributed by atoms with Gasteiger partial charge in [-0.3, -0.25) is 5.43 Å². The second-order valence-electron chi connectivity index (χ2n) is 5.00. The second kappa shape index (κ2) is 7.55. The number of anilines is 2. The van der Waals surface area contributed by atoms with Gasteiger partial charge in [-0.25, -0.2) is 9.97 Å². The lowest BCUT2D eigenvalue weighted by molar-refractivity contribution is 0.122. The lowest BCUT2D eigenvalue weighted by Gasteiger charge is -2.27. The number of rotatable bonds is 5. The van der Waals surface area contributed by atoms with Crippen LogP contribution in [0.4, 0.5) is 11.6 Å². The number of ether oxygens (including phenoxy) is 2. The van der Waals surface area contributed by atoms with Crippen LogP contribution in [0.5, 0.6) is 5.75 Å². The first-order chi connectivity index (χ1) is 11.3. The average molecular weight is 313 g/mol. The molecule has 23 heavy (non-hydrogen) atoms. The van der Waals surface area contributed by atoms with Crippen LogP contribution in [-0.4, -0.2) is 49.6 Å². The Morgan fingerprint density at radius 3 is 2.74 bits per heavy atom. The van der Waals surface area contributed by atoms with E-state index in [4.69, 9.17) is 9.47 Å². The summed E-state index contributed by atoms with van der Waals surface area (Å²) in [6, 6.07) is 9.54. The molecule has 120 valence electrons. The number of hydrogen-bond acceptors (Lipinski definition) is 7. The summed E-state index contributed by atoms with van der Waals surface area (Å²) in [5, 5.41) is 4.20. The molecular formula is C16H19N5O2. The average Bonchev–Trinajstić information content (AvgIpc) is 2.63. The first kappa shape index (κ1) is 15.2. The molecule has 7 heteroatoms. The van der Waals surface area contributed by atoms with E-state index in [1.807, 2.05) is 30.3 Å². The van der Waals surface area contributed by atoms with E-state index in [0.717, 1.165) is 43.4 Å². The van der Waals surface area contributed by atoms with E-state index in [1.165, 1.54) is 6.33 Å². The number of hydrogen-bond donors (Lipinski definition) is 1. The van der Waals surface area contributed by atoms with Gasteiger partial charge in [0, 0.05) is 19.2 Å². The number of benzene rings is 1. The van der Waals surface area contributed by atoms with E-state index in [-0.39, 0.29) is 0 Å². The fourth-order valence-corrected chi connectivity index (χ4v) is 2.24. The highest BCUT2D eigenvalue weighted by atomic mass is 16.5. The highest BCUT2D eigenvalue weighted by Gasteiger charge is 2.12. The molecule has 1 aliphatic rings. The first-order valence-electron chi connectivity index (χ1n) is 7.43. The fourth-order valence-electron chi connectivity index (χ4n) is 2.24. The molecule has 0 unspecified atom stereocenters. The zero-order valence-electron chi connectivity index (χ0n) is 13.0. The van der Waals surface area contributed by atoms with E-state index >= 15 is 0 Å². The molecule has 0 spiro atoms. The molecule has 1 saturated heterocycles. The van der Waals surface area contributed by atoms with E-state index in [2.05, 4.69) is 25.4 Å². The first-order valence-corrected chi connectivity index (χ1v) is 7.43. The van der Waals surface area contributed by atoms with Gasteiger partial charge in [0.1, 0.15) is 17.9 Å². The van der Waals surface area contributed by atoms with Crippen molar-refractivity contribution in [3.63, 3.8) is 0 Å². The van der Waals surface area contributed by atoms with Crippen LogP contribution in [0.1, 0.15) is 5.56 Å². The predicted molar refractivity (Wildman–Crippen MR) is 89.3 cm³/mol. The molecule has 2 heterocycles. The smallest absolute Gasteiger partial charge is 0.151 e. The molecule has 0 saturated carbocycles. The monoisotopic (exact) mass is 313 g/mol. The Morgan fingerprint density at radius 2 is 2.00 bits per heavy atom. The van der Waals surface area contributed by atoms with E-state index in [0.29, 0.717) is 5.82 Å². The maximum absolute atomic E-state index is 5.35. The van der Waals surface area contributed by atoms with Crippen molar-refractivity contribution in [1.82, 2.24) is 9.97 Å². The van der Waals surface area contributed by atoms with E-state index in [9.17, 15) is 0 Å². The minimum atomic E-state index is 0.659. The number of nitrogens with zero attached hydrogens (tertiary/aromatic N) is 4. The Kier molecular flexibility index (Phi) is 5.00. The third-order valence-corrected chi connectivity index (χ3v) is 3.50. The Bertz CT molecular complexity index is 654. The van der Waals surface area contributed by atoms with Gasteiger partial charge >= 0.3 is 0 Å². The van der Waals surface area contributed by atoms with Gasteiger partial charge in [-0.1, -0.05) is 0 Å². The van der Waals surface area contributed by atoms with Crippen LogP contribution in [0.15, 0.2) is 41.8 Å². The summed E-state index contributed by atoms with van der Waals surface area (Å²) in [6.07, 6.45) is 3.27. The van der Waals surface area contributed by atoms with Gasteiger partial charge in [-0.05, 0) is 29.8 Å². The Labute approximate surface area is 135 Å². The molecule has 0 radical (unpaired) electrons. The molecule has 1 aromatic carbocycles. The van der Waals surface area contributed by atoms with Gasteiger partial charge in [0.25, 0.3) is 0 Å². The molecule has 0 aliphatic carbocycles. The summed E-state index contributed by atoms with van der Waals surface area (Å²) in [5.41, 5.74) is 3.90. The van der Waals surface area contributed by atoms with Crippen molar-refractivity contribution in [3.05, 3.63) is 42.2 Å². The minimum absolute atomic E-state index is 0.659. The SMILES string of the molecule is COc1ccc(/C=N\Nc2cc(N3CCOCC3)ncn2)cc1. The highest BCUT2D eigenvalue weighted by molar-refractivity contribution is 5.80. The van der Waals surface area contributed by atoms with Crippen molar-refractivity contribution in [2.24, 2.45) is 5.10 Å². The molecule has 1 aromatic heterocycles. The fraction of sp³-hybridized carbons (Fsp3) is 0.312. The number of morpholine rings is 1. The summed E-state index contributed by atoms with van der Waals surface area (Å²) in [7, 11) is 1.64. The molecule has 1 N–H and O–H groups in total. The third-order valence-electron chi connectivity index (χ3n) is 3.50. The van der Waals surface area contributed by atoms with Crippen LogP contribution in [0.2, 0.25) is 0 Å². The summed E-state index contributed by atoms with van der Waals surface area (Å²) in [6.45, 7) is 3.13. The molecule has 2 aromatic rings. The standard InChI is InChI=1S/C16H19N5O2/c1-22-14-4-2-13(3-5-14)11-19-20-15-10-16(18-12-17-15)21-6-8-23-9-7-21/h2-5,10-12H,6-9H2,1H3,(H,17,18,20)/b19-11-. The molecule has 0 atom stereocenters. The van der Waals surface area contributed by atoms with Gasteiger partial charge in [0.05, 0.1) is 26.5 Å².